The third kappa shape index (κ3) is 4.78. The molecule has 8 nitrogen and oxygen atoms in total. The van der Waals surface area contributed by atoms with Crippen LogP contribution < -0.4 is 4.90 Å². The molecule has 174 valence electrons. The van der Waals surface area contributed by atoms with Gasteiger partial charge in [0.25, 0.3) is 0 Å². The second-order valence-corrected chi connectivity index (χ2v) is 9.77. The standard InChI is InChI=1S/C22H22ClFN4O4S/c1-2-32-22(29)20-21(26-19-7-4-3-6-18(19)25-20)27-10-5-11-28(13-12-27)33(30,31)15-8-9-17(24)16(23)14-15/h3-4,6-9,14H,2,5,10-13H2,1H3. The van der Waals surface area contributed by atoms with E-state index in [-0.39, 0.29) is 41.9 Å². The van der Waals surface area contributed by atoms with Crippen molar-refractivity contribution in [2.45, 2.75) is 18.2 Å². The van der Waals surface area contributed by atoms with Crippen LogP contribution in [0.3, 0.4) is 0 Å². The molecular weight excluding hydrogens is 471 g/mol. The van der Waals surface area contributed by atoms with E-state index in [1.807, 2.05) is 17.0 Å². The van der Waals surface area contributed by atoms with Gasteiger partial charge < -0.3 is 9.64 Å². The molecule has 4 rings (SSSR count). The Kier molecular flexibility index (Phi) is 6.78. The van der Waals surface area contributed by atoms with Gasteiger partial charge in [0.15, 0.2) is 11.5 Å². The monoisotopic (exact) mass is 492 g/mol. The number of aromatic nitrogens is 2. The number of halogens is 2. The minimum absolute atomic E-state index is 0.0694. The van der Waals surface area contributed by atoms with Gasteiger partial charge in [0, 0.05) is 26.2 Å². The molecule has 0 atom stereocenters. The van der Waals surface area contributed by atoms with Crippen molar-refractivity contribution >= 4 is 44.4 Å². The quantitative estimate of drug-likeness (QED) is 0.503. The smallest absolute Gasteiger partial charge is 0.360 e. The van der Waals surface area contributed by atoms with E-state index in [2.05, 4.69) is 9.97 Å². The minimum Gasteiger partial charge on any atom is -0.461 e. The summed E-state index contributed by atoms with van der Waals surface area (Å²) in [6.07, 6.45) is 0.491. The van der Waals surface area contributed by atoms with Crippen LogP contribution in [0.5, 0.6) is 0 Å². The summed E-state index contributed by atoms with van der Waals surface area (Å²) in [7, 11) is -3.87. The molecule has 0 saturated carbocycles. The predicted molar refractivity (Wildman–Crippen MR) is 122 cm³/mol. The van der Waals surface area contributed by atoms with Crippen molar-refractivity contribution in [3.8, 4) is 0 Å². The van der Waals surface area contributed by atoms with Crippen LogP contribution >= 0.6 is 11.6 Å². The summed E-state index contributed by atoms with van der Waals surface area (Å²) in [4.78, 5) is 23.5. The Morgan fingerprint density at radius 3 is 2.52 bits per heavy atom. The highest BCUT2D eigenvalue weighted by Gasteiger charge is 2.30. The number of hydrogen-bond donors (Lipinski definition) is 0. The summed E-state index contributed by atoms with van der Waals surface area (Å²) in [5, 5.41) is -0.252. The van der Waals surface area contributed by atoms with E-state index in [4.69, 9.17) is 16.3 Å². The summed E-state index contributed by atoms with van der Waals surface area (Å²) in [5.41, 5.74) is 1.28. The van der Waals surface area contributed by atoms with Gasteiger partial charge in [-0.15, -0.1) is 0 Å². The van der Waals surface area contributed by atoms with Crippen molar-refractivity contribution < 1.29 is 22.3 Å². The van der Waals surface area contributed by atoms with Crippen LogP contribution in [0.2, 0.25) is 5.02 Å². The van der Waals surface area contributed by atoms with Gasteiger partial charge in [-0.1, -0.05) is 23.7 Å². The molecule has 1 aliphatic heterocycles. The number of anilines is 1. The maximum atomic E-state index is 13.5. The van der Waals surface area contributed by atoms with Crippen LogP contribution in [0.4, 0.5) is 10.2 Å². The van der Waals surface area contributed by atoms with Gasteiger partial charge in [0.05, 0.1) is 27.6 Å². The fourth-order valence-corrected chi connectivity index (χ4v) is 5.42. The SMILES string of the molecule is CCOC(=O)c1nc2ccccc2nc1N1CCCN(S(=O)(=O)c2ccc(F)c(Cl)c2)CC1. The maximum Gasteiger partial charge on any atom is 0.360 e. The van der Waals surface area contributed by atoms with Crippen molar-refractivity contribution in [3.05, 3.63) is 59.0 Å². The van der Waals surface area contributed by atoms with Crippen LogP contribution in [0, 0.1) is 5.82 Å². The molecule has 0 unspecified atom stereocenters. The lowest BCUT2D eigenvalue weighted by molar-refractivity contribution is 0.0520. The molecule has 1 saturated heterocycles. The van der Waals surface area contributed by atoms with E-state index in [1.165, 1.54) is 10.4 Å². The summed E-state index contributed by atoms with van der Waals surface area (Å²) >= 11 is 5.79. The van der Waals surface area contributed by atoms with Gasteiger partial charge in [-0.2, -0.15) is 4.31 Å². The van der Waals surface area contributed by atoms with Gasteiger partial charge in [0.2, 0.25) is 10.0 Å². The molecule has 3 aromatic rings. The zero-order valence-corrected chi connectivity index (χ0v) is 19.4. The molecule has 0 aliphatic carbocycles. The molecule has 0 radical (unpaired) electrons. The number of para-hydroxylation sites is 2. The zero-order valence-electron chi connectivity index (χ0n) is 17.9. The van der Waals surface area contributed by atoms with Crippen LogP contribution in [0.15, 0.2) is 47.4 Å². The van der Waals surface area contributed by atoms with E-state index in [0.717, 1.165) is 12.1 Å². The van der Waals surface area contributed by atoms with E-state index in [0.29, 0.717) is 29.8 Å². The van der Waals surface area contributed by atoms with Gasteiger partial charge in [-0.05, 0) is 43.7 Å². The fourth-order valence-electron chi connectivity index (χ4n) is 3.68. The second-order valence-electron chi connectivity index (χ2n) is 7.43. The average molecular weight is 493 g/mol. The molecule has 1 fully saturated rings. The molecule has 33 heavy (non-hydrogen) atoms. The molecule has 2 heterocycles. The highest BCUT2D eigenvalue weighted by molar-refractivity contribution is 7.89. The lowest BCUT2D eigenvalue weighted by atomic mass is 10.2. The normalized spacial score (nSPS) is 15.4. The Morgan fingerprint density at radius 1 is 1.09 bits per heavy atom. The number of nitrogens with zero attached hydrogens (tertiary/aromatic N) is 4. The Labute approximate surface area is 196 Å². The Balaban J connectivity index is 1.64. The van der Waals surface area contributed by atoms with Gasteiger partial charge >= 0.3 is 5.97 Å². The molecule has 0 amide bonds. The molecule has 0 bridgehead atoms. The average Bonchev–Trinajstić information content (AvgIpc) is 3.07. The summed E-state index contributed by atoms with van der Waals surface area (Å²) in [5.74, 6) is -0.907. The number of hydrogen-bond acceptors (Lipinski definition) is 7. The maximum absolute atomic E-state index is 13.5. The number of sulfonamides is 1. The largest absolute Gasteiger partial charge is 0.461 e. The lowest BCUT2D eigenvalue weighted by Crippen LogP contribution is -2.36. The van der Waals surface area contributed by atoms with E-state index in [1.54, 1.807) is 19.1 Å². The second kappa shape index (κ2) is 9.58. The number of ether oxygens (including phenoxy) is 1. The van der Waals surface area contributed by atoms with Crippen molar-refractivity contribution in [2.24, 2.45) is 0 Å². The summed E-state index contributed by atoms with van der Waals surface area (Å²) in [6.45, 7) is 3.06. The first-order chi connectivity index (χ1) is 15.8. The Hall–Kier alpha value is -2.82. The summed E-state index contributed by atoms with van der Waals surface area (Å²) < 4.78 is 46.2. The lowest BCUT2D eigenvalue weighted by Gasteiger charge is -2.24. The van der Waals surface area contributed by atoms with Crippen molar-refractivity contribution in [3.63, 3.8) is 0 Å². The molecule has 0 spiro atoms. The molecule has 1 aliphatic rings. The number of carbonyl (C=O) groups excluding carboxylic acids is 1. The van der Waals surface area contributed by atoms with Crippen LogP contribution in [-0.4, -0.2) is 61.4 Å². The van der Waals surface area contributed by atoms with Gasteiger partial charge in [-0.25, -0.2) is 27.6 Å². The van der Waals surface area contributed by atoms with Crippen LogP contribution in [0.25, 0.3) is 11.0 Å². The highest BCUT2D eigenvalue weighted by Crippen LogP contribution is 2.26. The fraction of sp³-hybridized carbons (Fsp3) is 0.318. The highest BCUT2D eigenvalue weighted by atomic mass is 35.5. The minimum atomic E-state index is -3.87. The molecule has 0 N–H and O–H groups in total. The Bertz CT molecular complexity index is 1300. The molecular formula is C22H22ClFN4O4S. The first-order valence-electron chi connectivity index (χ1n) is 10.5. The van der Waals surface area contributed by atoms with Gasteiger partial charge in [-0.3, -0.25) is 0 Å². The first-order valence-corrected chi connectivity index (χ1v) is 12.3. The van der Waals surface area contributed by atoms with Crippen LogP contribution in [0.1, 0.15) is 23.8 Å². The third-order valence-corrected chi connectivity index (χ3v) is 7.49. The number of carbonyl (C=O) groups is 1. The molecule has 2 aromatic carbocycles. The number of rotatable bonds is 5. The van der Waals surface area contributed by atoms with E-state index in [9.17, 15) is 17.6 Å². The van der Waals surface area contributed by atoms with Crippen molar-refractivity contribution in [2.75, 3.05) is 37.7 Å². The van der Waals surface area contributed by atoms with E-state index < -0.39 is 21.8 Å². The third-order valence-electron chi connectivity index (χ3n) is 5.30. The van der Waals surface area contributed by atoms with Crippen molar-refractivity contribution in [1.29, 1.82) is 0 Å². The van der Waals surface area contributed by atoms with Crippen LogP contribution in [-0.2, 0) is 14.8 Å². The van der Waals surface area contributed by atoms with Gasteiger partial charge in [0.1, 0.15) is 5.82 Å². The predicted octanol–water partition coefficient (Wildman–Crippen LogP) is 3.50. The molecule has 11 heteroatoms. The topological polar surface area (TPSA) is 92.7 Å². The number of benzene rings is 2. The molecule has 1 aromatic heterocycles. The van der Waals surface area contributed by atoms with Crippen molar-refractivity contribution in [1.82, 2.24) is 14.3 Å². The number of fused-ring (bicyclic) bond motifs is 1. The number of esters is 1. The van der Waals surface area contributed by atoms with E-state index >= 15 is 0 Å². The first kappa shape index (κ1) is 23.3. The Morgan fingerprint density at radius 2 is 1.82 bits per heavy atom. The zero-order chi connectivity index (χ0) is 23.6. The summed E-state index contributed by atoms with van der Waals surface area (Å²) in [6, 6.07) is 10.6.